The number of fused-ring (bicyclic) bond motifs is 1. The molecule has 0 spiro atoms. The summed E-state index contributed by atoms with van der Waals surface area (Å²) in [5, 5.41) is 3.15. The molecular weight excluding hydrogens is 206 g/mol. The van der Waals surface area contributed by atoms with Crippen LogP contribution < -0.4 is 11.1 Å². The van der Waals surface area contributed by atoms with E-state index in [4.69, 9.17) is 4.42 Å². The zero-order chi connectivity index (χ0) is 11.5. The van der Waals surface area contributed by atoms with Crippen LogP contribution >= 0.6 is 0 Å². The molecule has 0 saturated heterocycles. The molecule has 2 heterocycles. The number of oxazole rings is 1. The highest BCUT2D eigenvalue weighted by atomic mass is 16.4. The van der Waals surface area contributed by atoms with Crippen molar-refractivity contribution >= 4 is 11.2 Å². The van der Waals surface area contributed by atoms with Crippen molar-refractivity contribution in [3.63, 3.8) is 0 Å². The average molecular weight is 221 g/mol. The van der Waals surface area contributed by atoms with E-state index in [-0.39, 0.29) is 11.8 Å². The normalized spacial score (nSPS) is 13.1. The van der Waals surface area contributed by atoms with Crippen molar-refractivity contribution in [2.75, 3.05) is 7.05 Å². The van der Waals surface area contributed by atoms with Gasteiger partial charge in [-0.25, -0.2) is 9.78 Å². The molecule has 1 unspecified atom stereocenters. The van der Waals surface area contributed by atoms with Crippen molar-refractivity contribution < 1.29 is 4.42 Å². The van der Waals surface area contributed by atoms with Crippen LogP contribution in [0.4, 0.5) is 0 Å². The van der Waals surface area contributed by atoms with Gasteiger partial charge in [0.25, 0.3) is 0 Å². The largest absolute Gasteiger partial charge is 0.421 e. The highest BCUT2D eigenvalue weighted by Gasteiger charge is 2.13. The van der Waals surface area contributed by atoms with Gasteiger partial charge in [0.05, 0.1) is 0 Å². The molecule has 0 saturated carbocycles. The van der Waals surface area contributed by atoms with E-state index in [1.54, 1.807) is 22.9 Å². The maximum Gasteiger partial charge on any atom is 0.421 e. The van der Waals surface area contributed by atoms with E-state index >= 15 is 0 Å². The maximum atomic E-state index is 11.6. The van der Waals surface area contributed by atoms with Crippen LogP contribution in [0.15, 0.2) is 27.5 Å². The van der Waals surface area contributed by atoms with E-state index in [1.807, 2.05) is 7.05 Å². The standard InChI is InChI=1S/C11H15N3O2/c1-3-8(12-2)7-14-10-9(16-11(14)15)5-4-6-13-10/h4-6,8,12H,3,7H2,1-2H3. The van der Waals surface area contributed by atoms with E-state index < -0.39 is 0 Å². The van der Waals surface area contributed by atoms with E-state index in [0.717, 1.165) is 6.42 Å². The Labute approximate surface area is 93.1 Å². The van der Waals surface area contributed by atoms with Gasteiger partial charge in [-0.15, -0.1) is 0 Å². The minimum Gasteiger partial charge on any atom is -0.406 e. The Kier molecular flexibility index (Phi) is 3.05. The smallest absolute Gasteiger partial charge is 0.406 e. The molecule has 5 heteroatoms. The first-order valence-electron chi connectivity index (χ1n) is 5.38. The lowest BCUT2D eigenvalue weighted by Gasteiger charge is -2.13. The molecule has 86 valence electrons. The lowest BCUT2D eigenvalue weighted by atomic mass is 10.2. The van der Waals surface area contributed by atoms with Crippen molar-refractivity contribution in [1.82, 2.24) is 14.9 Å². The number of hydrogen-bond donors (Lipinski definition) is 1. The monoisotopic (exact) mass is 221 g/mol. The molecule has 2 aromatic rings. The van der Waals surface area contributed by atoms with Crippen molar-refractivity contribution in [2.45, 2.75) is 25.9 Å². The van der Waals surface area contributed by atoms with Crippen LogP contribution in [0.2, 0.25) is 0 Å². The van der Waals surface area contributed by atoms with Gasteiger partial charge in [-0.2, -0.15) is 0 Å². The summed E-state index contributed by atoms with van der Waals surface area (Å²) in [6, 6.07) is 3.76. The van der Waals surface area contributed by atoms with Gasteiger partial charge in [0.2, 0.25) is 0 Å². The first-order valence-corrected chi connectivity index (χ1v) is 5.38. The third kappa shape index (κ3) is 1.86. The summed E-state index contributed by atoms with van der Waals surface area (Å²) in [6.07, 6.45) is 2.61. The summed E-state index contributed by atoms with van der Waals surface area (Å²) in [4.78, 5) is 15.8. The Hall–Kier alpha value is -1.62. The van der Waals surface area contributed by atoms with E-state index in [9.17, 15) is 4.79 Å². The molecule has 1 atom stereocenters. The molecule has 16 heavy (non-hydrogen) atoms. The minimum absolute atomic E-state index is 0.250. The highest BCUT2D eigenvalue weighted by molar-refractivity contribution is 5.67. The Morgan fingerprint density at radius 3 is 3.12 bits per heavy atom. The first-order chi connectivity index (χ1) is 7.76. The average Bonchev–Trinajstić information content (AvgIpc) is 2.62. The van der Waals surface area contributed by atoms with Crippen LogP contribution in [-0.4, -0.2) is 22.6 Å². The zero-order valence-corrected chi connectivity index (χ0v) is 9.43. The second-order valence-electron chi connectivity index (χ2n) is 3.70. The lowest BCUT2D eigenvalue weighted by Crippen LogP contribution is -2.32. The Morgan fingerprint density at radius 2 is 2.44 bits per heavy atom. The van der Waals surface area contributed by atoms with Gasteiger partial charge in [0.1, 0.15) is 0 Å². The van der Waals surface area contributed by atoms with Gasteiger partial charge in [-0.3, -0.25) is 4.57 Å². The quantitative estimate of drug-likeness (QED) is 0.836. The number of hydrogen-bond acceptors (Lipinski definition) is 4. The minimum atomic E-state index is -0.345. The summed E-state index contributed by atoms with van der Waals surface area (Å²) in [5.41, 5.74) is 1.15. The molecule has 0 fully saturated rings. The highest BCUT2D eigenvalue weighted by Crippen LogP contribution is 2.09. The van der Waals surface area contributed by atoms with Crippen LogP contribution in [0.1, 0.15) is 13.3 Å². The van der Waals surface area contributed by atoms with Gasteiger partial charge in [-0.05, 0) is 25.6 Å². The predicted molar refractivity (Wildman–Crippen MR) is 61.4 cm³/mol. The summed E-state index contributed by atoms with van der Waals surface area (Å²) in [6.45, 7) is 2.65. The number of aromatic nitrogens is 2. The SMILES string of the molecule is CCC(Cn1c(=O)oc2cccnc21)NC. The van der Waals surface area contributed by atoms with Crippen LogP contribution in [0.25, 0.3) is 11.2 Å². The number of rotatable bonds is 4. The first kappa shape index (κ1) is 10.9. The fourth-order valence-electron chi connectivity index (χ4n) is 1.71. The number of pyridine rings is 1. The lowest BCUT2D eigenvalue weighted by molar-refractivity contribution is 0.433. The van der Waals surface area contributed by atoms with E-state index in [1.165, 1.54) is 0 Å². The molecule has 2 aromatic heterocycles. The summed E-state index contributed by atoms with van der Waals surface area (Å²) in [7, 11) is 1.88. The third-order valence-corrected chi connectivity index (χ3v) is 2.73. The van der Waals surface area contributed by atoms with Gasteiger partial charge in [0, 0.05) is 18.8 Å². The number of nitrogens with one attached hydrogen (secondary N) is 1. The van der Waals surface area contributed by atoms with Crippen molar-refractivity contribution in [2.24, 2.45) is 0 Å². The third-order valence-electron chi connectivity index (χ3n) is 2.73. The van der Waals surface area contributed by atoms with Crippen molar-refractivity contribution in [3.05, 3.63) is 28.9 Å². The van der Waals surface area contributed by atoms with Gasteiger partial charge in [-0.1, -0.05) is 6.92 Å². The molecule has 5 nitrogen and oxygen atoms in total. The van der Waals surface area contributed by atoms with Crippen molar-refractivity contribution in [1.29, 1.82) is 0 Å². The molecule has 2 rings (SSSR count). The van der Waals surface area contributed by atoms with Gasteiger partial charge in [0.15, 0.2) is 11.2 Å². The number of nitrogens with zero attached hydrogens (tertiary/aromatic N) is 2. The molecule has 1 N–H and O–H groups in total. The molecule has 0 aliphatic heterocycles. The molecular formula is C11H15N3O2. The molecule has 0 aliphatic carbocycles. The van der Waals surface area contributed by atoms with Gasteiger partial charge < -0.3 is 9.73 Å². The van der Waals surface area contributed by atoms with Crippen LogP contribution in [-0.2, 0) is 6.54 Å². The molecule has 0 aliphatic rings. The topological polar surface area (TPSA) is 60.1 Å². The van der Waals surface area contributed by atoms with Crippen molar-refractivity contribution in [3.8, 4) is 0 Å². The van der Waals surface area contributed by atoms with E-state index in [2.05, 4.69) is 17.2 Å². The molecule has 0 aromatic carbocycles. The Morgan fingerprint density at radius 1 is 1.62 bits per heavy atom. The Balaban J connectivity index is 2.43. The predicted octanol–water partition coefficient (Wildman–Crippen LogP) is 0.987. The fourth-order valence-corrected chi connectivity index (χ4v) is 1.71. The van der Waals surface area contributed by atoms with Crippen LogP contribution in [0.5, 0.6) is 0 Å². The summed E-state index contributed by atoms with van der Waals surface area (Å²) < 4.78 is 6.68. The summed E-state index contributed by atoms with van der Waals surface area (Å²) in [5.74, 6) is -0.345. The molecule has 0 radical (unpaired) electrons. The second-order valence-corrected chi connectivity index (χ2v) is 3.70. The van der Waals surface area contributed by atoms with Crippen LogP contribution in [0, 0.1) is 0 Å². The number of likely N-dealkylation sites (N-methyl/N-ethyl adjacent to an activating group) is 1. The van der Waals surface area contributed by atoms with Crippen LogP contribution in [0.3, 0.4) is 0 Å². The molecule has 0 bridgehead atoms. The maximum absolute atomic E-state index is 11.6. The zero-order valence-electron chi connectivity index (χ0n) is 9.43. The van der Waals surface area contributed by atoms with Gasteiger partial charge >= 0.3 is 5.76 Å². The fraction of sp³-hybridized carbons (Fsp3) is 0.455. The molecule has 0 amide bonds. The summed E-state index contributed by atoms with van der Waals surface area (Å²) >= 11 is 0. The second kappa shape index (κ2) is 4.49. The van der Waals surface area contributed by atoms with E-state index in [0.29, 0.717) is 17.8 Å². The Bertz CT molecular complexity index is 525.